The van der Waals surface area contributed by atoms with Gasteiger partial charge in [-0.3, -0.25) is 14.5 Å². The summed E-state index contributed by atoms with van der Waals surface area (Å²) in [6, 6.07) is 9.45. The molecule has 1 aliphatic heterocycles. The quantitative estimate of drug-likeness (QED) is 0.722. The van der Waals surface area contributed by atoms with Crippen molar-refractivity contribution < 1.29 is 23.9 Å². The van der Waals surface area contributed by atoms with Crippen LogP contribution >= 0.6 is 35.1 Å². The molecule has 0 saturated carbocycles. The summed E-state index contributed by atoms with van der Waals surface area (Å²) in [5.74, 6) is -1.48. The van der Waals surface area contributed by atoms with E-state index in [4.69, 9.17) is 21.1 Å². The molecule has 1 unspecified atom stereocenters. The van der Waals surface area contributed by atoms with Crippen LogP contribution < -0.4 is 0 Å². The summed E-state index contributed by atoms with van der Waals surface area (Å²) in [6.07, 6.45) is 1.44. The SMILES string of the molecule is CC(C(=O)O)N1C(=O)S/C(=C/c2ccc(Sc3ccc(Cl)cc3)o2)C1=O. The summed E-state index contributed by atoms with van der Waals surface area (Å²) in [7, 11) is 0. The van der Waals surface area contributed by atoms with Gasteiger partial charge in [-0.15, -0.1) is 0 Å². The number of aliphatic carboxylic acids is 1. The molecule has 1 saturated heterocycles. The Morgan fingerprint density at radius 2 is 1.96 bits per heavy atom. The fourth-order valence-electron chi connectivity index (χ4n) is 2.14. The number of thioether (sulfide) groups is 1. The molecule has 26 heavy (non-hydrogen) atoms. The van der Waals surface area contributed by atoms with Gasteiger partial charge in [0.25, 0.3) is 11.1 Å². The summed E-state index contributed by atoms with van der Waals surface area (Å²) in [5.41, 5.74) is 0. The highest BCUT2D eigenvalue weighted by molar-refractivity contribution is 8.18. The summed E-state index contributed by atoms with van der Waals surface area (Å²) in [5, 5.41) is 9.65. The van der Waals surface area contributed by atoms with Gasteiger partial charge in [0.05, 0.1) is 4.91 Å². The van der Waals surface area contributed by atoms with E-state index in [1.165, 1.54) is 24.8 Å². The van der Waals surface area contributed by atoms with Crippen LogP contribution in [0.3, 0.4) is 0 Å². The second-order valence-electron chi connectivity index (χ2n) is 5.28. The molecule has 1 atom stereocenters. The van der Waals surface area contributed by atoms with Gasteiger partial charge in [0, 0.05) is 16.0 Å². The number of imide groups is 1. The highest BCUT2D eigenvalue weighted by Crippen LogP contribution is 2.35. The number of amides is 2. The largest absolute Gasteiger partial charge is 0.480 e. The number of benzene rings is 1. The smallest absolute Gasteiger partial charge is 0.326 e. The van der Waals surface area contributed by atoms with E-state index in [1.54, 1.807) is 24.3 Å². The van der Waals surface area contributed by atoms with Crippen molar-refractivity contribution in [3.8, 4) is 0 Å². The maximum atomic E-state index is 12.3. The Morgan fingerprint density at radius 1 is 1.27 bits per heavy atom. The van der Waals surface area contributed by atoms with E-state index in [-0.39, 0.29) is 4.91 Å². The zero-order chi connectivity index (χ0) is 18.8. The van der Waals surface area contributed by atoms with Gasteiger partial charge in [0.15, 0.2) is 5.09 Å². The van der Waals surface area contributed by atoms with Crippen molar-refractivity contribution in [1.29, 1.82) is 0 Å². The third-order valence-corrected chi connectivity index (χ3v) is 5.54. The van der Waals surface area contributed by atoms with Crippen LogP contribution in [0.25, 0.3) is 6.08 Å². The molecule has 3 rings (SSSR count). The van der Waals surface area contributed by atoms with Crippen LogP contribution in [0.4, 0.5) is 4.79 Å². The number of nitrogens with zero attached hydrogens (tertiary/aromatic N) is 1. The van der Waals surface area contributed by atoms with Crippen molar-refractivity contribution in [3.63, 3.8) is 0 Å². The lowest BCUT2D eigenvalue weighted by molar-refractivity contribution is -0.145. The van der Waals surface area contributed by atoms with E-state index in [1.807, 2.05) is 12.1 Å². The molecule has 0 aliphatic carbocycles. The van der Waals surface area contributed by atoms with Crippen molar-refractivity contribution in [3.05, 3.63) is 52.1 Å². The molecule has 1 aromatic heterocycles. The highest BCUT2D eigenvalue weighted by Gasteiger charge is 2.40. The van der Waals surface area contributed by atoms with Crippen molar-refractivity contribution in [2.24, 2.45) is 0 Å². The van der Waals surface area contributed by atoms with E-state index in [0.717, 1.165) is 9.80 Å². The van der Waals surface area contributed by atoms with Gasteiger partial charge in [-0.05, 0) is 55.1 Å². The number of carbonyl (C=O) groups is 3. The van der Waals surface area contributed by atoms with E-state index in [9.17, 15) is 14.4 Å². The standard InChI is InChI=1S/C17H12ClNO5S2/c1-9(16(21)22)19-15(20)13(26-17(19)23)8-11-4-7-14(24-11)25-12-5-2-10(18)3-6-12/h2-9H,1H3,(H,21,22)/b13-8+. The van der Waals surface area contributed by atoms with E-state index in [0.29, 0.717) is 27.6 Å². The second kappa shape index (κ2) is 7.61. The lowest BCUT2D eigenvalue weighted by Gasteiger charge is -2.16. The number of carboxylic acids is 1. The molecule has 1 fully saturated rings. The monoisotopic (exact) mass is 409 g/mol. The number of rotatable bonds is 5. The molecule has 9 heteroatoms. The fraction of sp³-hybridized carbons (Fsp3) is 0.118. The summed E-state index contributed by atoms with van der Waals surface area (Å²) in [4.78, 5) is 37.0. The number of halogens is 1. The van der Waals surface area contributed by atoms with Crippen LogP contribution in [0, 0.1) is 0 Å². The zero-order valence-corrected chi connectivity index (χ0v) is 15.7. The average Bonchev–Trinajstić information content (AvgIpc) is 3.14. The summed E-state index contributed by atoms with van der Waals surface area (Å²) >= 11 is 7.93. The van der Waals surface area contributed by atoms with Gasteiger partial charge in [-0.1, -0.05) is 23.4 Å². The highest BCUT2D eigenvalue weighted by atomic mass is 35.5. The summed E-state index contributed by atoms with van der Waals surface area (Å²) in [6.45, 7) is 1.29. The van der Waals surface area contributed by atoms with Crippen molar-refractivity contribution in [2.75, 3.05) is 0 Å². The molecule has 2 aromatic rings. The first kappa shape index (κ1) is 18.6. The normalized spacial score (nSPS) is 17.2. The Kier molecular flexibility index (Phi) is 5.45. The molecule has 1 aromatic carbocycles. The average molecular weight is 410 g/mol. The van der Waals surface area contributed by atoms with Crippen LogP contribution in [0.5, 0.6) is 0 Å². The van der Waals surface area contributed by atoms with Crippen molar-refractivity contribution in [1.82, 2.24) is 4.90 Å². The molecule has 1 aliphatic rings. The second-order valence-corrected chi connectivity index (χ2v) is 7.79. The maximum absolute atomic E-state index is 12.3. The first-order valence-corrected chi connectivity index (χ1v) is 9.39. The molecule has 0 spiro atoms. The van der Waals surface area contributed by atoms with E-state index >= 15 is 0 Å². The fourth-order valence-corrected chi connectivity index (χ4v) is 3.93. The molecule has 0 bridgehead atoms. The third kappa shape index (κ3) is 3.98. The molecule has 134 valence electrons. The maximum Gasteiger partial charge on any atom is 0.326 e. The van der Waals surface area contributed by atoms with Gasteiger partial charge >= 0.3 is 5.97 Å². The Bertz CT molecular complexity index is 906. The summed E-state index contributed by atoms with van der Waals surface area (Å²) < 4.78 is 5.65. The molecular formula is C17H12ClNO5S2. The van der Waals surface area contributed by atoms with E-state index < -0.39 is 23.2 Å². The number of carboxylic acid groups (broad SMARTS) is 1. The van der Waals surface area contributed by atoms with Crippen molar-refractivity contribution in [2.45, 2.75) is 23.0 Å². The van der Waals surface area contributed by atoms with Crippen LogP contribution in [-0.4, -0.2) is 33.2 Å². The Morgan fingerprint density at radius 3 is 2.62 bits per heavy atom. The Labute approximate surface area is 162 Å². The predicted molar refractivity (Wildman–Crippen MR) is 99.2 cm³/mol. The van der Waals surface area contributed by atoms with Gasteiger partial charge < -0.3 is 9.52 Å². The molecule has 2 heterocycles. The minimum absolute atomic E-state index is 0.125. The molecule has 6 nitrogen and oxygen atoms in total. The number of hydrogen-bond donors (Lipinski definition) is 1. The number of hydrogen-bond acceptors (Lipinski definition) is 6. The lowest BCUT2D eigenvalue weighted by atomic mass is 10.3. The van der Waals surface area contributed by atoms with Gasteiger partial charge in [0.1, 0.15) is 11.8 Å². The minimum Gasteiger partial charge on any atom is -0.480 e. The Hall–Kier alpha value is -2.16. The predicted octanol–water partition coefficient (Wildman–Crippen LogP) is 4.59. The first-order chi connectivity index (χ1) is 12.3. The van der Waals surface area contributed by atoms with Gasteiger partial charge in [-0.2, -0.15) is 0 Å². The topological polar surface area (TPSA) is 87.8 Å². The van der Waals surface area contributed by atoms with Crippen LogP contribution in [-0.2, 0) is 9.59 Å². The zero-order valence-electron chi connectivity index (χ0n) is 13.3. The van der Waals surface area contributed by atoms with Crippen LogP contribution in [0.1, 0.15) is 12.7 Å². The molecular weight excluding hydrogens is 398 g/mol. The number of carbonyl (C=O) groups excluding carboxylic acids is 2. The van der Waals surface area contributed by atoms with Crippen LogP contribution in [0.15, 0.2) is 55.7 Å². The van der Waals surface area contributed by atoms with Gasteiger partial charge in [-0.25, -0.2) is 4.79 Å². The van der Waals surface area contributed by atoms with Gasteiger partial charge in [0.2, 0.25) is 0 Å². The van der Waals surface area contributed by atoms with Crippen LogP contribution in [0.2, 0.25) is 5.02 Å². The lowest BCUT2D eigenvalue weighted by Crippen LogP contribution is -2.41. The van der Waals surface area contributed by atoms with E-state index in [2.05, 4.69) is 0 Å². The third-order valence-electron chi connectivity index (χ3n) is 3.48. The molecule has 0 radical (unpaired) electrons. The first-order valence-electron chi connectivity index (χ1n) is 7.38. The minimum atomic E-state index is -1.24. The number of furan rings is 1. The molecule has 1 N–H and O–H groups in total. The Balaban J connectivity index is 1.75. The van der Waals surface area contributed by atoms with Crippen molar-refractivity contribution >= 4 is 58.3 Å². The molecule has 2 amide bonds.